The van der Waals surface area contributed by atoms with Crippen molar-refractivity contribution in [2.75, 3.05) is 39.5 Å². The van der Waals surface area contributed by atoms with Gasteiger partial charge in [-0.05, 0) is 32.7 Å². The van der Waals surface area contributed by atoms with Crippen molar-refractivity contribution in [1.29, 1.82) is 0 Å². The minimum absolute atomic E-state index is 0.0262. The lowest BCUT2D eigenvalue weighted by atomic mass is 10.2. The normalized spacial score (nSPS) is 18.4. The smallest absolute Gasteiger partial charge is 0.410 e. The van der Waals surface area contributed by atoms with Crippen LogP contribution in [0, 0.1) is 0 Å². The van der Waals surface area contributed by atoms with Crippen molar-refractivity contribution < 1.29 is 19.0 Å². The van der Waals surface area contributed by atoms with Crippen molar-refractivity contribution in [3.8, 4) is 0 Å². The van der Waals surface area contributed by atoms with Crippen molar-refractivity contribution in [3.63, 3.8) is 0 Å². The molecule has 0 N–H and O–H groups in total. The minimum atomic E-state index is -0.476. The van der Waals surface area contributed by atoms with Gasteiger partial charge in [-0.25, -0.2) is 4.79 Å². The molecule has 120 valence electrons. The van der Waals surface area contributed by atoms with E-state index in [1.165, 1.54) is 0 Å². The number of amides is 1. The Hall–Kier alpha value is -1.50. The molecule has 0 aliphatic carbocycles. The molecule has 8 heteroatoms. The average Bonchev–Trinajstić information content (AvgIpc) is 2.84. The van der Waals surface area contributed by atoms with Crippen LogP contribution >= 0.6 is 0 Å². The van der Waals surface area contributed by atoms with Crippen molar-refractivity contribution in [1.82, 2.24) is 4.90 Å². The first-order chi connectivity index (χ1) is 9.92. The Morgan fingerprint density at radius 2 is 2.14 bits per heavy atom. The van der Waals surface area contributed by atoms with Gasteiger partial charge < -0.3 is 19.1 Å². The van der Waals surface area contributed by atoms with Crippen LogP contribution < -0.4 is 0 Å². The third kappa shape index (κ3) is 7.75. The second kappa shape index (κ2) is 8.71. The van der Waals surface area contributed by atoms with Gasteiger partial charge in [0, 0.05) is 18.0 Å². The number of hydrogen-bond acceptors (Lipinski definition) is 5. The van der Waals surface area contributed by atoms with Gasteiger partial charge >= 0.3 is 6.09 Å². The first-order valence-electron chi connectivity index (χ1n) is 7.10. The second-order valence-electron chi connectivity index (χ2n) is 5.77. The molecular weight excluding hydrogens is 276 g/mol. The summed E-state index contributed by atoms with van der Waals surface area (Å²) in [5.74, 6) is 0. The zero-order valence-corrected chi connectivity index (χ0v) is 12.9. The summed E-state index contributed by atoms with van der Waals surface area (Å²) in [5.41, 5.74) is 7.61. The van der Waals surface area contributed by atoms with E-state index in [0.717, 1.165) is 6.42 Å². The third-order valence-corrected chi connectivity index (χ3v) is 2.78. The summed E-state index contributed by atoms with van der Waals surface area (Å²) in [6, 6.07) is 0. The number of ether oxygens (including phenoxy) is 3. The highest BCUT2D eigenvalue weighted by molar-refractivity contribution is 5.68. The van der Waals surface area contributed by atoms with E-state index >= 15 is 0 Å². The maximum Gasteiger partial charge on any atom is 0.410 e. The van der Waals surface area contributed by atoms with Crippen molar-refractivity contribution in [3.05, 3.63) is 10.4 Å². The molecule has 1 aliphatic heterocycles. The fraction of sp³-hybridized carbons (Fsp3) is 0.923. The highest BCUT2D eigenvalue weighted by Gasteiger charge is 2.30. The van der Waals surface area contributed by atoms with Crippen LogP contribution in [-0.2, 0) is 14.2 Å². The van der Waals surface area contributed by atoms with Gasteiger partial charge in [0.25, 0.3) is 0 Å². The van der Waals surface area contributed by atoms with Gasteiger partial charge in [0.2, 0.25) is 0 Å². The molecule has 0 aromatic heterocycles. The van der Waals surface area contributed by atoms with Crippen LogP contribution in [0.1, 0.15) is 27.2 Å². The molecular formula is C13H24N4O4. The Morgan fingerprint density at radius 1 is 1.38 bits per heavy atom. The number of nitrogens with zero attached hydrogens (tertiary/aromatic N) is 4. The van der Waals surface area contributed by atoms with Crippen LogP contribution in [0.5, 0.6) is 0 Å². The number of carbonyl (C=O) groups excluding carboxylic acids is 1. The summed E-state index contributed by atoms with van der Waals surface area (Å²) < 4.78 is 16.2. The van der Waals surface area contributed by atoms with E-state index < -0.39 is 5.60 Å². The predicted octanol–water partition coefficient (Wildman–Crippen LogP) is 2.34. The van der Waals surface area contributed by atoms with E-state index in [-0.39, 0.29) is 12.2 Å². The molecule has 1 heterocycles. The van der Waals surface area contributed by atoms with Gasteiger partial charge in [0.05, 0.1) is 32.5 Å². The lowest BCUT2D eigenvalue weighted by Crippen LogP contribution is -2.36. The molecule has 0 unspecified atom stereocenters. The van der Waals surface area contributed by atoms with E-state index in [0.29, 0.717) is 39.5 Å². The Morgan fingerprint density at radius 3 is 2.81 bits per heavy atom. The molecule has 0 saturated carbocycles. The molecule has 0 aromatic carbocycles. The summed E-state index contributed by atoms with van der Waals surface area (Å²) >= 11 is 0. The lowest BCUT2D eigenvalue weighted by molar-refractivity contribution is 0.00397. The van der Waals surface area contributed by atoms with Crippen LogP contribution in [0.25, 0.3) is 10.4 Å². The number of rotatable bonds is 7. The van der Waals surface area contributed by atoms with Crippen molar-refractivity contribution in [2.24, 2.45) is 5.11 Å². The van der Waals surface area contributed by atoms with E-state index in [9.17, 15) is 4.79 Å². The molecule has 0 radical (unpaired) electrons. The topological polar surface area (TPSA) is 96.8 Å². The van der Waals surface area contributed by atoms with Gasteiger partial charge in [-0.2, -0.15) is 0 Å². The van der Waals surface area contributed by atoms with Crippen LogP contribution in [0.3, 0.4) is 0 Å². The molecule has 0 aromatic rings. The third-order valence-electron chi connectivity index (χ3n) is 2.78. The molecule has 1 amide bonds. The average molecular weight is 300 g/mol. The Balaban J connectivity index is 2.11. The molecule has 1 fully saturated rings. The molecule has 21 heavy (non-hydrogen) atoms. The standard InChI is InChI=1S/C13H24N4O4/c1-13(2,3)21-12(18)17-6-4-11(10-17)20-9-8-19-7-5-15-16-14/h11H,4-10H2,1-3H3/t11-/m1/s1. The number of carbonyl (C=O) groups is 1. The van der Waals surface area contributed by atoms with E-state index in [1.807, 2.05) is 20.8 Å². The molecule has 0 bridgehead atoms. The molecule has 1 saturated heterocycles. The first-order valence-corrected chi connectivity index (χ1v) is 7.10. The second-order valence-corrected chi connectivity index (χ2v) is 5.77. The minimum Gasteiger partial charge on any atom is -0.444 e. The summed E-state index contributed by atoms with van der Waals surface area (Å²) in [6.45, 7) is 8.38. The van der Waals surface area contributed by atoms with Crippen molar-refractivity contribution >= 4 is 6.09 Å². The number of hydrogen-bond donors (Lipinski definition) is 0. The molecule has 1 rings (SSSR count). The first kappa shape index (κ1) is 17.6. The lowest BCUT2D eigenvalue weighted by Gasteiger charge is -2.24. The van der Waals surface area contributed by atoms with Crippen LogP contribution in [-0.4, -0.2) is 62.2 Å². The van der Waals surface area contributed by atoms with E-state index in [2.05, 4.69) is 10.0 Å². The Labute approximate surface area is 125 Å². The molecule has 1 atom stereocenters. The zero-order valence-electron chi connectivity index (χ0n) is 12.9. The summed E-state index contributed by atoms with van der Waals surface area (Å²) in [5, 5.41) is 3.36. The fourth-order valence-corrected chi connectivity index (χ4v) is 1.88. The fourth-order valence-electron chi connectivity index (χ4n) is 1.88. The molecule has 0 spiro atoms. The van der Waals surface area contributed by atoms with E-state index in [4.69, 9.17) is 19.7 Å². The Kier molecular flexibility index (Phi) is 7.28. The van der Waals surface area contributed by atoms with Gasteiger partial charge in [0.15, 0.2) is 0 Å². The maximum atomic E-state index is 11.9. The van der Waals surface area contributed by atoms with Gasteiger partial charge in [0.1, 0.15) is 5.60 Å². The number of likely N-dealkylation sites (tertiary alicyclic amines) is 1. The predicted molar refractivity (Wildman–Crippen MR) is 77.0 cm³/mol. The quantitative estimate of drug-likeness (QED) is 0.312. The highest BCUT2D eigenvalue weighted by Crippen LogP contribution is 2.17. The maximum absolute atomic E-state index is 11.9. The zero-order chi connectivity index (χ0) is 15.7. The monoisotopic (exact) mass is 300 g/mol. The molecule has 1 aliphatic rings. The van der Waals surface area contributed by atoms with Gasteiger partial charge in [-0.3, -0.25) is 0 Å². The largest absolute Gasteiger partial charge is 0.444 e. The summed E-state index contributed by atoms with van der Waals surface area (Å²) in [4.78, 5) is 16.2. The summed E-state index contributed by atoms with van der Waals surface area (Å²) in [6.07, 6.45) is 0.537. The summed E-state index contributed by atoms with van der Waals surface area (Å²) in [7, 11) is 0. The van der Waals surface area contributed by atoms with Gasteiger partial charge in [-0.15, -0.1) is 0 Å². The SMILES string of the molecule is CC(C)(C)OC(=O)N1CC[C@@H](OCCOCCN=[N+]=[N-])C1. The van der Waals surface area contributed by atoms with Crippen LogP contribution in [0.2, 0.25) is 0 Å². The van der Waals surface area contributed by atoms with Crippen molar-refractivity contribution in [2.45, 2.75) is 38.9 Å². The van der Waals surface area contributed by atoms with Gasteiger partial charge in [-0.1, -0.05) is 5.11 Å². The Bertz CT molecular complexity index is 377. The van der Waals surface area contributed by atoms with E-state index in [1.54, 1.807) is 4.90 Å². The molecule has 8 nitrogen and oxygen atoms in total. The van der Waals surface area contributed by atoms with Crippen LogP contribution in [0.15, 0.2) is 5.11 Å². The highest BCUT2D eigenvalue weighted by atomic mass is 16.6. The number of azide groups is 1. The van der Waals surface area contributed by atoms with Crippen LogP contribution in [0.4, 0.5) is 4.79 Å².